The highest BCUT2D eigenvalue weighted by atomic mass is 19.3. The minimum Gasteiger partial charge on any atom is -0.508 e. The first-order chi connectivity index (χ1) is 46.0. The number of halogens is 2. The summed E-state index contributed by atoms with van der Waals surface area (Å²) in [6, 6.07) is 20.8. The van der Waals surface area contributed by atoms with E-state index in [1.807, 2.05) is 25.1 Å². The summed E-state index contributed by atoms with van der Waals surface area (Å²) >= 11 is 0. The molecule has 2 fully saturated rings. The van der Waals surface area contributed by atoms with Crippen LogP contribution < -0.4 is 26.4 Å². The van der Waals surface area contributed by atoms with Gasteiger partial charge in [0.05, 0.1) is 41.9 Å². The van der Waals surface area contributed by atoms with Crippen LogP contribution >= 0.6 is 0 Å². The van der Waals surface area contributed by atoms with E-state index in [1.54, 1.807) is 61.0 Å². The number of alkyl halides is 2. The van der Waals surface area contributed by atoms with Crippen molar-refractivity contribution in [1.29, 1.82) is 0 Å². The number of aliphatic hydroxyl groups excluding tert-OH is 2. The van der Waals surface area contributed by atoms with Gasteiger partial charge in [0.1, 0.15) is 24.2 Å². The molecule has 96 heavy (non-hydrogen) atoms. The zero-order chi connectivity index (χ0) is 68.6. The molecule has 3 aromatic carbocycles. The molecule has 13 atom stereocenters. The first-order valence-corrected chi connectivity index (χ1v) is 34.2. The molecule has 1 aromatic heterocycles. The Bertz CT molecular complexity index is 3640. The van der Waals surface area contributed by atoms with Crippen LogP contribution in [0.2, 0.25) is 0 Å². The van der Waals surface area contributed by atoms with Crippen molar-refractivity contribution in [3.05, 3.63) is 164 Å². The number of aryl methyl sites for hydroxylation is 1. The highest BCUT2D eigenvalue weighted by Crippen LogP contribution is 2.65. The summed E-state index contributed by atoms with van der Waals surface area (Å²) in [5, 5.41) is 50.4. The Labute approximate surface area is 561 Å². The minimum atomic E-state index is -3.26. The predicted octanol–water partition coefficient (Wildman–Crippen LogP) is 10.6. The number of benzene rings is 3. The maximum absolute atomic E-state index is 16.7. The zero-order valence-corrected chi connectivity index (χ0v) is 56.3. The Balaban J connectivity index is 0.701. The number of phenols is 1. The van der Waals surface area contributed by atoms with Gasteiger partial charge in [0.15, 0.2) is 11.8 Å². The van der Waals surface area contributed by atoms with Crippen molar-refractivity contribution < 1.29 is 67.0 Å². The number of phenolic OH excluding ortho intramolecular Hbond substituents is 1. The number of hydrogen-bond acceptors (Lipinski definition) is 15. The number of aromatic nitrogens is 3. The van der Waals surface area contributed by atoms with Crippen LogP contribution in [0.1, 0.15) is 168 Å². The molecule has 516 valence electrons. The van der Waals surface area contributed by atoms with Crippen LogP contribution in [0.4, 0.5) is 13.6 Å². The van der Waals surface area contributed by atoms with Crippen LogP contribution in [0.3, 0.4) is 0 Å². The Morgan fingerprint density at radius 2 is 1.67 bits per heavy atom. The molecule has 19 nitrogen and oxygen atoms in total. The summed E-state index contributed by atoms with van der Waals surface area (Å²) in [7, 11) is 2.90. The lowest BCUT2D eigenvalue weighted by Crippen LogP contribution is -2.47. The highest BCUT2D eigenvalue weighted by molar-refractivity contribution is 6.23. The van der Waals surface area contributed by atoms with Crippen molar-refractivity contribution in [1.82, 2.24) is 30.9 Å². The largest absolute Gasteiger partial charge is 0.508 e. The minimum absolute atomic E-state index is 0.0825. The number of aromatic hydroxyl groups is 1. The van der Waals surface area contributed by atoms with Gasteiger partial charge in [0.2, 0.25) is 11.6 Å². The van der Waals surface area contributed by atoms with Gasteiger partial charge in [0.25, 0.3) is 17.7 Å². The first kappa shape index (κ1) is 70.9. The molecule has 8 N–H and O–H groups in total. The quantitative estimate of drug-likeness (QED) is 0.0277. The molecule has 6 aliphatic rings. The fraction of sp³-hybridized carbons (Fsp3) is 0.533. The number of ether oxygens (including phenoxy) is 4. The number of methoxy groups -OCH3 is 2. The Morgan fingerprint density at radius 1 is 0.906 bits per heavy atom. The van der Waals surface area contributed by atoms with Gasteiger partial charge in [-0.25, -0.2) is 9.48 Å². The van der Waals surface area contributed by atoms with Gasteiger partial charge in [-0.1, -0.05) is 87.0 Å². The number of carbonyl (C=O) groups is 5. The number of aliphatic hydroxyl groups is 2. The fourth-order valence-electron chi connectivity index (χ4n) is 16.2. The Kier molecular flexibility index (Phi) is 23.0. The molecule has 1 unspecified atom stereocenters. The number of nitrogens with two attached hydrogens (primary N) is 1. The number of primary amides is 1. The number of rotatable bonds is 18. The molecule has 21 heteroatoms. The van der Waals surface area contributed by atoms with Crippen LogP contribution in [0.25, 0.3) is 0 Å². The standard InChI is InChI=1S/C75H95F2N7O12/c1-43-36-56-66(61(86)41-59(68(56)89)81-71(90)44(2)14-13-17-62(93-6)69(96-73(78)92)46(4)38-45(3)67(88)63(37-43)94-7)79-32-11-8-12-33-80-72(91)49-20-18-47(19-21-49)39-51-15-9-10-16-60-70(75(51,76)77)82-83-84(60)34-35-95-53-26-22-48(23-27-53)57-42-74(5)58(30-31-64(74)87)55-28-24-50-40-52(85)25-29-54(50)65(55)57/h13-14,17-23,25-27,29,38,40-41,43,45,51,55,57-58,62-65,67,69,79,85,87-88H,8-12,15-16,24,28,30-37,39,42H2,1-7H3,(H2,78,92)(H,80,91)(H,81,90)/b17-13-,44-14+,46-38+/t43-,45+,51?,55+,57-,58+,62+,63+,64+,65-,67-,69+,74+/m1/s1. The monoisotopic (exact) mass is 1320 g/mol. The summed E-state index contributed by atoms with van der Waals surface area (Å²) in [5.41, 5.74) is 11.0. The third kappa shape index (κ3) is 15.9. The highest BCUT2D eigenvalue weighted by Gasteiger charge is 2.58. The third-order valence-corrected chi connectivity index (χ3v) is 21.4. The summed E-state index contributed by atoms with van der Waals surface area (Å²) in [5.74, 6) is -4.75. The van der Waals surface area contributed by atoms with E-state index in [0.29, 0.717) is 104 Å². The van der Waals surface area contributed by atoms with Gasteiger partial charge >= 0.3 is 6.09 Å². The Hall–Kier alpha value is -7.85. The van der Waals surface area contributed by atoms with E-state index in [1.165, 1.54) is 50.0 Å². The third-order valence-electron chi connectivity index (χ3n) is 21.4. The maximum Gasteiger partial charge on any atom is 0.405 e. The first-order valence-electron chi connectivity index (χ1n) is 34.2. The van der Waals surface area contributed by atoms with Crippen LogP contribution in [0.5, 0.6) is 11.5 Å². The van der Waals surface area contributed by atoms with E-state index in [-0.39, 0.29) is 95.8 Å². The average molecular weight is 1320 g/mol. The number of amides is 3. The number of unbranched alkanes of at least 4 members (excludes halogenated alkanes) is 2. The second-order valence-corrected chi connectivity index (χ2v) is 27.8. The average Bonchev–Trinajstić information content (AvgIpc) is 1.38. The normalized spacial score (nSPS) is 30.1. The van der Waals surface area contributed by atoms with E-state index in [0.717, 1.165) is 38.2 Å². The summed E-state index contributed by atoms with van der Waals surface area (Å²) < 4.78 is 58.1. The summed E-state index contributed by atoms with van der Waals surface area (Å²) in [6.07, 6.45) is 11.6. The number of nitrogens with zero attached hydrogens (tertiary/aromatic N) is 3. The van der Waals surface area contributed by atoms with Gasteiger partial charge in [-0.3, -0.25) is 19.2 Å². The van der Waals surface area contributed by atoms with Gasteiger partial charge < -0.3 is 56.0 Å². The van der Waals surface area contributed by atoms with E-state index in [2.05, 4.69) is 51.4 Å². The lowest BCUT2D eigenvalue weighted by molar-refractivity contribution is -0.120. The van der Waals surface area contributed by atoms with Crippen LogP contribution in [0.15, 0.2) is 125 Å². The van der Waals surface area contributed by atoms with Crippen LogP contribution in [-0.2, 0) is 60.3 Å². The predicted molar refractivity (Wildman–Crippen MR) is 358 cm³/mol. The SMILES string of the molecule is CO[C@H]1/C=C\C=C(/C)C(=O)NC2=CC(=O)C(NCCCCCNC(=O)c3ccc(CC4CCCCc5c(nnn5CCOc5ccc([C@H]6C[C@]7(C)[C@@H](O)CC[C@H]7[C@@H]7CCc8cc(O)ccc8[C@H]76)cc5)C4(F)F)cc3)=C(C[C@@H](C)C[C@H](OC)[C@H](O)[C@@H](C)/C=C(\C)[C@@H]1OC(N)=O)C2=O. The number of allylic oxidation sites excluding steroid dienone is 4. The van der Waals surface area contributed by atoms with E-state index in [9.17, 15) is 39.3 Å². The molecule has 0 saturated heterocycles. The molecule has 5 aliphatic carbocycles. The number of carbonyl (C=O) groups excluding carboxylic acids is 5. The van der Waals surface area contributed by atoms with Crippen molar-refractivity contribution >= 4 is 29.5 Å². The molecule has 2 heterocycles. The molecule has 2 bridgehead atoms. The van der Waals surface area contributed by atoms with Crippen LogP contribution in [0, 0.1) is 35.0 Å². The van der Waals surface area contributed by atoms with E-state index < -0.39 is 65.7 Å². The fourth-order valence-corrected chi connectivity index (χ4v) is 16.2. The molecule has 0 spiro atoms. The van der Waals surface area contributed by atoms with Gasteiger partial charge in [-0.05, 0) is 203 Å². The molecular weight excluding hydrogens is 1230 g/mol. The molecule has 1 aliphatic heterocycles. The molecule has 3 amide bonds. The topological polar surface area (TPSA) is 276 Å². The molecule has 0 radical (unpaired) electrons. The van der Waals surface area contributed by atoms with Crippen molar-refractivity contribution in [2.45, 2.75) is 186 Å². The smallest absolute Gasteiger partial charge is 0.405 e. The van der Waals surface area contributed by atoms with Crippen molar-refractivity contribution in [2.75, 3.05) is 33.9 Å². The van der Waals surface area contributed by atoms with E-state index in [4.69, 9.17) is 24.7 Å². The number of fused-ring (bicyclic) bond motifs is 8. The van der Waals surface area contributed by atoms with Gasteiger partial charge in [-0.15, -0.1) is 5.10 Å². The zero-order valence-electron chi connectivity index (χ0n) is 56.3. The molecule has 2 saturated carbocycles. The van der Waals surface area contributed by atoms with Gasteiger partial charge in [0, 0.05) is 61.9 Å². The van der Waals surface area contributed by atoms with Crippen molar-refractivity contribution in [3.63, 3.8) is 0 Å². The van der Waals surface area contributed by atoms with Crippen molar-refractivity contribution in [2.24, 2.45) is 40.7 Å². The second-order valence-electron chi connectivity index (χ2n) is 27.8. The summed E-state index contributed by atoms with van der Waals surface area (Å²) in [4.78, 5) is 66.8. The van der Waals surface area contributed by atoms with E-state index >= 15 is 8.78 Å². The van der Waals surface area contributed by atoms with Gasteiger partial charge in [-0.2, -0.15) is 8.78 Å². The number of nitrogens with one attached hydrogen (secondary N) is 3. The van der Waals surface area contributed by atoms with Crippen molar-refractivity contribution in [3.8, 4) is 11.5 Å². The number of ketones is 2. The molecular formula is C75H95F2N7O12. The molecule has 4 aromatic rings. The Morgan fingerprint density at radius 3 is 2.41 bits per heavy atom. The molecule has 10 rings (SSSR count). The summed E-state index contributed by atoms with van der Waals surface area (Å²) in [6.45, 7) is 10.3. The number of Topliss-reactive ketones (excluding diaryl/α,β-unsaturated/α-hetero) is 1. The van der Waals surface area contributed by atoms with Crippen LogP contribution in [-0.4, -0.2) is 124 Å². The lowest BCUT2D eigenvalue weighted by Gasteiger charge is -2.54. The second kappa shape index (κ2) is 31.1. The number of hydrogen-bond donors (Lipinski definition) is 7. The lowest BCUT2D eigenvalue weighted by atomic mass is 9.51. The maximum atomic E-state index is 16.7.